The minimum Gasteiger partial charge on any atom is -0.490 e. The van der Waals surface area contributed by atoms with E-state index in [1.807, 2.05) is 52.0 Å². The Kier molecular flexibility index (Phi) is 8.13. The molecule has 1 aliphatic rings. The van der Waals surface area contributed by atoms with E-state index < -0.39 is 0 Å². The standard InChI is InChI=1S/C21H30O5/c1-5-23-21(22)12-7-6-9-19-18(16(4)24-13-17-14-25-17)10-8-11-20(19)26-15(2)3/h6,8-11,15-17H,5,7,12-14H2,1-4H3/t16-,17+/m1/s1. The lowest BCUT2D eigenvalue weighted by Crippen LogP contribution is -2.10. The largest absolute Gasteiger partial charge is 0.490 e. The van der Waals surface area contributed by atoms with E-state index in [1.165, 1.54) is 0 Å². The van der Waals surface area contributed by atoms with Crippen LogP contribution < -0.4 is 4.74 Å². The topological polar surface area (TPSA) is 57.3 Å². The molecule has 0 unspecified atom stereocenters. The first-order valence-electron chi connectivity index (χ1n) is 9.36. The lowest BCUT2D eigenvalue weighted by atomic mass is 10.0. The van der Waals surface area contributed by atoms with E-state index in [9.17, 15) is 4.79 Å². The van der Waals surface area contributed by atoms with Crippen LogP contribution in [0.2, 0.25) is 0 Å². The third-order valence-electron chi connectivity index (χ3n) is 3.94. The first-order chi connectivity index (χ1) is 12.5. The van der Waals surface area contributed by atoms with Crippen molar-refractivity contribution in [2.75, 3.05) is 19.8 Å². The molecule has 0 aliphatic carbocycles. The fourth-order valence-corrected chi connectivity index (χ4v) is 2.59. The lowest BCUT2D eigenvalue weighted by molar-refractivity contribution is -0.142. The molecule has 5 heteroatoms. The molecule has 1 aromatic rings. The maximum Gasteiger partial charge on any atom is 0.306 e. The van der Waals surface area contributed by atoms with Gasteiger partial charge in [0.2, 0.25) is 0 Å². The summed E-state index contributed by atoms with van der Waals surface area (Å²) in [6, 6.07) is 6.00. The summed E-state index contributed by atoms with van der Waals surface area (Å²) in [7, 11) is 0. The lowest BCUT2D eigenvalue weighted by Gasteiger charge is -2.19. The van der Waals surface area contributed by atoms with Crippen molar-refractivity contribution in [3.63, 3.8) is 0 Å². The molecule has 0 amide bonds. The van der Waals surface area contributed by atoms with Gasteiger partial charge in [-0.25, -0.2) is 0 Å². The molecule has 1 heterocycles. The molecule has 0 aromatic heterocycles. The molecular weight excluding hydrogens is 332 g/mol. The van der Waals surface area contributed by atoms with Crippen LogP contribution in [0.4, 0.5) is 0 Å². The molecule has 1 fully saturated rings. The monoisotopic (exact) mass is 362 g/mol. The molecule has 0 saturated carbocycles. The van der Waals surface area contributed by atoms with Crippen molar-refractivity contribution in [3.05, 3.63) is 35.4 Å². The zero-order chi connectivity index (χ0) is 18.9. The summed E-state index contributed by atoms with van der Waals surface area (Å²) in [4.78, 5) is 11.5. The van der Waals surface area contributed by atoms with Crippen LogP contribution in [-0.4, -0.2) is 38.0 Å². The average molecular weight is 362 g/mol. The van der Waals surface area contributed by atoms with Crippen molar-refractivity contribution in [1.82, 2.24) is 0 Å². The van der Waals surface area contributed by atoms with Crippen LogP contribution in [0.3, 0.4) is 0 Å². The van der Waals surface area contributed by atoms with Crippen LogP contribution in [0, 0.1) is 0 Å². The fourth-order valence-electron chi connectivity index (χ4n) is 2.59. The Morgan fingerprint density at radius 1 is 1.35 bits per heavy atom. The third-order valence-corrected chi connectivity index (χ3v) is 3.94. The second-order valence-corrected chi connectivity index (χ2v) is 6.60. The van der Waals surface area contributed by atoms with Crippen LogP contribution >= 0.6 is 0 Å². The Bertz CT molecular complexity index is 604. The molecular formula is C21H30O5. The van der Waals surface area contributed by atoms with Gasteiger partial charge in [0, 0.05) is 12.0 Å². The number of hydrogen-bond donors (Lipinski definition) is 0. The van der Waals surface area contributed by atoms with Crippen LogP contribution in [0.15, 0.2) is 24.3 Å². The summed E-state index contributed by atoms with van der Waals surface area (Å²) < 4.78 is 22.1. The minimum atomic E-state index is -0.176. The zero-order valence-electron chi connectivity index (χ0n) is 16.2. The third kappa shape index (κ3) is 6.81. The highest BCUT2D eigenvalue weighted by Crippen LogP contribution is 2.31. The van der Waals surface area contributed by atoms with Crippen molar-refractivity contribution in [3.8, 4) is 5.75 Å². The van der Waals surface area contributed by atoms with E-state index in [-0.39, 0.29) is 24.3 Å². The van der Waals surface area contributed by atoms with Gasteiger partial charge in [0.15, 0.2) is 0 Å². The minimum absolute atomic E-state index is 0.0698. The Morgan fingerprint density at radius 3 is 2.77 bits per heavy atom. The number of ether oxygens (including phenoxy) is 4. The summed E-state index contributed by atoms with van der Waals surface area (Å²) >= 11 is 0. The highest BCUT2D eigenvalue weighted by Gasteiger charge is 2.24. The van der Waals surface area contributed by atoms with E-state index in [0.29, 0.717) is 26.1 Å². The van der Waals surface area contributed by atoms with E-state index >= 15 is 0 Å². The number of rotatable bonds is 11. The summed E-state index contributed by atoms with van der Waals surface area (Å²) in [6.07, 6.45) is 5.24. The number of benzene rings is 1. The van der Waals surface area contributed by atoms with Crippen LogP contribution in [-0.2, 0) is 19.0 Å². The summed E-state index contributed by atoms with van der Waals surface area (Å²) in [5, 5.41) is 0. The first-order valence-corrected chi connectivity index (χ1v) is 9.36. The van der Waals surface area contributed by atoms with E-state index in [4.69, 9.17) is 18.9 Å². The second-order valence-electron chi connectivity index (χ2n) is 6.60. The zero-order valence-corrected chi connectivity index (χ0v) is 16.2. The smallest absolute Gasteiger partial charge is 0.306 e. The predicted molar refractivity (Wildman–Crippen MR) is 101 cm³/mol. The SMILES string of the molecule is CCOC(=O)CCC=Cc1c(OC(C)C)cccc1[C@@H](C)OC[C@H]1CO1. The van der Waals surface area contributed by atoms with Gasteiger partial charge in [-0.1, -0.05) is 24.3 Å². The van der Waals surface area contributed by atoms with Gasteiger partial charge in [-0.15, -0.1) is 0 Å². The highest BCUT2D eigenvalue weighted by atomic mass is 16.6. The van der Waals surface area contributed by atoms with Gasteiger partial charge in [0.1, 0.15) is 11.9 Å². The summed E-state index contributed by atoms with van der Waals surface area (Å²) in [5.41, 5.74) is 2.06. The predicted octanol–water partition coefficient (Wildman–Crippen LogP) is 4.31. The normalized spacial score (nSPS) is 17.5. The number of carbonyl (C=O) groups excluding carboxylic acids is 1. The number of carbonyl (C=O) groups is 1. The summed E-state index contributed by atoms with van der Waals surface area (Å²) in [6.45, 7) is 9.65. The summed E-state index contributed by atoms with van der Waals surface area (Å²) in [5.74, 6) is 0.647. The molecule has 5 nitrogen and oxygen atoms in total. The van der Waals surface area contributed by atoms with Crippen LogP contribution in [0.5, 0.6) is 5.75 Å². The van der Waals surface area contributed by atoms with Crippen molar-refractivity contribution in [1.29, 1.82) is 0 Å². The van der Waals surface area contributed by atoms with Crippen molar-refractivity contribution < 1.29 is 23.7 Å². The Hall–Kier alpha value is -1.85. The molecule has 2 rings (SSSR count). The van der Waals surface area contributed by atoms with Crippen molar-refractivity contribution >= 4 is 12.0 Å². The Morgan fingerprint density at radius 2 is 2.12 bits per heavy atom. The van der Waals surface area contributed by atoms with E-state index in [2.05, 4.69) is 6.07 Å². The Balaban J connectivity index is 2.11. The van der Waals surface area contributed by atoms with Crippen molar-refractivity contribution in [2.24, 2.45) is 0 Å². The molecule has 0 radical (unpaired) electrons. The molecule has 0 N–H and O–H groups in total. The van der Waals surface area contributed by atoms with E-state index in [0.717, 1.165) is 23.5 Å². The molecule has 1 aliphatic heterocycles. The molecule has 1 aromatic carbocycles. The van der Waals surface area contributed by atoms with Gasteiger partial charge in [0.25, 0.3) is 0 Å². The molecule has 26 heavy (non-hydrogen) atoms. The number of esters is 1. The number of epoxide rings is 1. The second kappa shape index (κ2) is 10.3. The number of allylic oxidation sites excluding steroid dienone is 1. The Labute approximate surface area is 156 Å². The first kappa shape index (κ1) is 20.5. The van der Waals surface area contributed by atoms with Gasteiger partial charge in [-0.05, 0) is 45.7 Å². The molecule has 2 atom stereocenters. The van der Waals surface area contributed by atoms with Gasteiger partial charge in [0.05, 0.1) is 32.0 Å². The molecule has 1 saturated heterocycles. The van der Waals surface area contributed by atoms with Crippen LogP contribution in [0.25, 0.3) is 6.08 Å². The maximum absolute atomic E-state index is 11.5. The highest BCUT2D eigenvalue weighted by molar-refractivity contribution is 5.70. The maximum atomic E-state index is 11.5. The van der Waals surface area contributed by atoms with Crippen LogP contribution in [0.1, 0.15) is 57.8 Å². The van der Waals surface area contributed by atoms with Gasteiger partial charge < -0.3 is 18.9 Å². The molecule has 0 bridgehead atoms. The molecule has 144 valence electrons. The number of hydrogen-bond acceptors (Lipinski definition) is 5. The van der Waals surface area contributed by atoms with E-state index in [1.54, 1.807) is 0 Å². The van der Waals surface area contributed by atoms with Gasteiger partial charge in [-0.3, -0.25) is 4.79 Å². The average Bonchev–Trinajstić information content (AvgIpc) is 3.41. The molecule has 0 spiro atoms. The van der Waals surface area contributed by atoms with Gasteiger partial charge >= 0.3 is 5.97 Å². The van der Waals surface area contributed by atoms with Gasteiger partial charge in [-0.2, -0.15) is 0 Å². The quantitative estimate of drug-likeness (QED) is 0.434. The fraction of sp³-hybridized carbons (Fsp3) is 0.571. The van der Waals surface area contributed by atoms with Crippen molar-refractivity contribution in [2.45, 2.75) is 58.8 Å².